The van der Waals surface area contributed by atoms with Gasteiger partial charge < -0.3 is 9.13 Å². The molecule has 4 aromatic carbocycles. The summed E-state index contributed by atoms with van der Waals surface area (Å²) in [4.78, 5) is 0. The molecule has 0 heterocycles. The number of rotatable bonds is 6. The van der Waals surface area contributed by atoms with Crippen molar-refractivity contribution in [3.05, 3.63) is 147 Å². The summed E-state index contributed by atoms with van der Waals surface area (Å²) in [5.41, 5.74) is 10.2. The van der Waals surface area contributed by atoms with Gasteiger partial charge in [-0.2, -0.15) is 0 Å². The van der Waals surface area contributed by atoms with Crippen LogP contribution in [0, 0.1) is 16.2 Å². The highest BCUT2D eigenvalue weighted by molar-refractivity contribution is 7.82. The molecule has 4 heteroatoms. The monoisotopic (exact) mass is 812 g/mol. The summed E-state index contributed by atoms with van der Waals surface area (Å²) in [6.45, 7) is 39.9. The number of allylic oxidation sites excluding steroid dienone is 3. The van der Waals surface area contributed by atoms with E-state index in [-0.39, 0.29) is 37.9 Å². The molecule has 0 aliphatic heterocycles. The average molecular weight is 813 g/mol. The van der Waals surface area contributed by atoms with E-state index in [0.29, 0.717) is 0 Å². The van der Waals surface area contributed by atoms with E-state index in [4.69, 9.17) is 0 Å². The van der Waals surface area contributed by atoms with Crippen molar-refractivity contribution in [2.75, 3.05) is 0 Å². The van der Waals surface area contributed by atoms with E-state index < -0.39 is 14.3 Å². The van der Waals surface area contributed by atoms with Crippen molar-refractivity contribution in [3.63, 3.8) is 0 Å². The van der Waals surface area contributed by atoms with Gasteiger partial charge in [0.05, 0.1) is 0 Å². The van der Waals surface area contributed by atoms with Gasteiger partial charge in [-0.1, -0.05) is 208 Å². The third kappa shape index (κ3) is 6.89. The zero-order valence-electron chi connectivity index (χ0n) is 38.9. The molecule has 2 aliphatic rings. The Balaban J connectivity index is 1.58. The van der Waals surface area contributed by atoms with Gasteiger partial charge in [-0.15, -0.1) is 5.73 Å². The second-order valence-electron chi connectivity index (χ2n) is 22.5. The summed E-state index contributed by atoms with van der Waals surface area (Å²) < 4.78 is 32.2. The second kappa shape index (κ2) is 13.8. The summed E-state index contributed by atoms with van der Waals surface area (Å²) in [6.07, 6.45) is 0. The number of hydrogen-bond donors (Lipinski definition) is 0. The first-order chi connectivity index (χ1) is 26.4. The predicted molar refractivity (Wildman–Crippen MR) is 253 cm³/mol. The quantitative estimate of drug-likeness (QED) is 0.144. The normalized spacial score (nSPS) is 20.1. The van der Waals surface area contributed by atoms with E-state index in [9.17, 15) is 0 Å². The molecule has 6 rings (SSSR count). The molecule has 2 saturated carbocycles. The molecule has 2 aliphatic carbocycles. The highest BCUT2D eigenvalue weighted by Gasteiger charge is 2.88. The van der Waals surface area contributed by atoms with Gasteiger partial charge in [0.25, 0.3) is 0 Å². The Morgan fingerprint density at radius 1 is 0.431 bits per heavy atom. The molecule has 4 aromatic rings. The van der Waals surface area contributed by atoms with Gasteiger partial charge in [0.2, 0.25) is 0 Å². The highest BCUT2D eigenvalue weighted by atomic mass is 31.2. The van der Waals surface area contributed by atoms with Crippen LogP contribution in [0.5, 0.6) is 0 Å². The van der Waals surface area contributed by atoms with Gasteiger partial charge >= 0.3 is 0 Å². The Morgan fingerprint density at radius 2 is 0.690 bits per heavy atom. The number of hydrogen-bond acceptors (Lipinski definition) is 2. The lowest BCUT2D eigenvalue weighted by Crippen LogP contribution is -2.20. The first kappa shape index (κ1) is 44.2. The van der Waals surface area contributed by atoms with Crippen LogP contribution < -0.4 is 21.2 Å². The molecule has 0 N–H and O–H groups in total. The van der Waals surface area contributed by atoms with E-state index in [1.54, 1.807) is 0 Å². The zero-order chi connectivity index (χ0) is 43.4. The Bertz CT molecular complexity index is 2310. The molecular weight excluding hydrogens is 743 g/mol. The zero-order valence-corrected chi connectivity index (χ0v) is 40.7. The highest BCUT2D eigenvalue weighted by Crippen LogP contribution is 2.94. The van der Waals surface area contributed by atoms with Crippen LogP contribution >= 0.6 is 14.3 Å². The molecule has 1 spiro atoms. The first-order valence-corrected chi connectivity index (χ1v) is 24.7. The Morgan fingerprint density at radius 3 is 0.948 bits per heavy atom. The summed E-state index contributed by atoms with van der Waals surface area (Å²) >= 11 is 0. The van der Waals surface area contributed by atoms with E-state index in [1.807, 2.05) is 6.92 Å². The molecule has 0 saturated heterocycles. The predicted octanol–water partition coefficient (Wildman–Crippen LogP) is 14.0. The van der Waals surface area contributed by atoms with Crippen LogP contribution in [0.2, 0.25) is 0 Å². The van der Waals surface area contributed by atoms with Crippen molar-refractivity contribution in [3.8, 4) is 0 Å². The Kier molecular flexibility index (Phi) is 10.5. The molecule has 2 fully saturated rings. The van der Waals surface area contributed by atoms with Crippen molar-refractivity contribution < 1.29 is 9.13 Å². The largest absolute Gasteiger partial charge is 0.309 e. The van der Waals surface area contributed by atoms with Crippen LogP contribution in [-0.2, 0) is 30.8 Å². The molecule has 0 aromatic heterocycles. The van der Waals surface area contributed by atoms with Crippen LogP contribution in [0.15, 0.2) is 125 Å². The van der Waals surface area contributed by atoms with Gasteiger partial charge in [-0.3, -0.25) is 0 Å². The van der Waals surface area contributed by atoms with Crippen molar-refractivity contribution in [2.45, 2.75) is 146 Å². The minimum Gasteiger partial charge on any atom is -0.309 e. The third-order valence-electron chi connectivity index (χ3n) is 13.8. The summed E-state index contributed by atoms with van der Waals surface area (Å²) in [7, 11) is -6.57. The molecule has 2 nitrogen and oxygen atoms in total. The fourth-order valence-electron chi connectivity index (χ4n) is 9.99. The molecule has 58 heavy (non-hydrogen) atoms. The standard InChI is InChI=1S/C54H70O2P2/c1-36(57(55,42-27-19-38(20-28-42)48(3,4)5)43-29-21-39(22-30-43)49(6,7)8)35-46-52(15,16)54(46)47(53(54,17)18)37(2)58(56,44-31-23-40(24-32-44)50(9,10)11)45-33-25-41(26-34-45)51(12,13)14/h19-34H,1-18H3/b47-37+/t35?,54-/m1/s1. The van der Waals surface area contributed by atoms with E-state index >= 15 is 9.13 Å². The third-order valence-corrected chi connectivity index (χ3v) is 20.1. The fraction of sp³-hybridized carbons (Fsp3) is 0.463. The summed E-state index contributed by atoms with van der Waals surface area (Å²) in [6, 6.07) is 33.9. The first-order valence-electron chi connectivity index (χ1n) is 21.2. The fourth-order valence-corrected chi connectivity index (χ4v) is 15.4. The lowest BCUT2D eigenvalue weighted by molar-refractivity contribution is 0.451. The van der Waals surface area contributed by atoms with Crippen molar-refractivity contribution >= 4 is 35.5 Å². The Labute approximate surface area is 352 Å². The maximum atomic E-state index is 16.3. The Hall–Kier alpha value is -3.40. The van der Waals surface area contributed by atoms with Crippen molar-refractivity contribution in [2.24, 2.45) is 16.2 Å². The maximum Gasteiger partial charge on any atom is 0.174 e. The minimum atomic E-state index is -3.29. The van der Waals surface area contributed by atoms with Crippen LogP contribution in [0.25, 0.3) is 0 Å². The SMILES string of the molecule is CC(=C=C1C(C)(C)[C@]12/C(=C(\C)P(=O)(c1ccc(C(C)(C)C)cc1)c1ccc(C(C)(C)C)cc1)C2(C)C)P(=O)(c1ccc(C(C)(C)C)cc1)c1ccc(C(C)(C)C)cc1. The average Bonchev–Trinajstić information content (AvgIpc) is 3.86. The minimum absolute atomic E-state index is 0.0163. The smallest absolute Gasteiger partial charge is 0.174 e. The molecule has 0 unspecified atom stereocenters. The van der Waals surface area contributed by atoms with Gasteiger partial charge in [0.1, 0.15) is 0 Å². The van der Waals surface area contributed by atoms with Crippen LogP contribution in [-0.4, -0.2) is 0 Å². The summed E-state index contributed by atoms with van der Waals surface area (Å²) in [5, 5.41) is 5.11. The molecular formula is C54H70O2P2. The second-order valence-corrected chi connectivity index (χ2v) is 28.3. The van der Waals surface area contributed by atoms with Gasteiger partial charge in [0, 0.05) is 42.8 Å². The lowest BCUT2D eigenvalue weighted by Gasteiger charge is -2.25. The number of benzene rings is 4. The van der Waals surface area contributed by atoms with E-state index in [0.717, 1.165) is 37.4 Å². The maximum absolute atomic E-state index is 16.3. The van der Waals surface area contributed by atoms with Gasteiger partial charge in [-0.25, -0.2) is 0 Å². The van der Waals surface area contributed by atoms with E-state index in [2.05, 4.69) is 220 Å². The van der Waals surface area contributed by atoms with Crippen LogP contribution in [0.3, 0.4) is 0 Å². The molecule has 0 bridgehead atoms. The molecule has 0 radical (unpaired) electrons. The topological polar surface area (TPSA) is 34.1 Å². The van der Waals surface area contributed by atoms with Crippen LogP contribution in [0.1, 0.15) is 147 Å². The summed E-state index contributed by atoms with van der Waals surface area (Å²) in [5.74, 6) is 0. The van der Waals surface area contributed by atoms with Crippen molar-refractivity contribution in [1.82, 2.24) is 0 Å². The van der Waals surface area contributed by atoms with Gasteiger partial charge in [-0.05, 0) is 74.2 Å². The van der Waals surface area contributed by atoms with Crippen LogP contribution in [0.4, 0.5) is 0 Å². The van der Waals surface area contributed by atoms with E-state index in [1.165, 1.54) is 27.8 Å². The molecule has 0 amide bonds. The molecule has 1 atom stereocenters. The molecule has 308 valence electrons. The lowest BCUT2D eigenvalue weighted by atomic mass is 9.87. The van der Waals surface area contributed by atoms with Gasteiger partial charge in [0.15, 0.2) is 14.3 Å². The van der Waals surface area contributed by atoms with Crippen molar-refractivity contribution in [1.29, 1.82) is 0 Å².